The maximum atomic E-state index is 11.1. The maximum Gasteiger partial charge on any atom is 0.322 e. The van der Waals surface area contributed by atoms with Crippen LogP contribution >= 0.6 is 0 Å². The van der Waals surface area contributed by atoms with Crippen LogP contribution in [0.5, 0.6) is 11.5 Å². The van der Waals surface area contributed by atoms with Gasteiger partial charge in [-0.2, -0.15) is 0 Å². The minimum absolute atomic E-state index is 0.118. The third kappa shape index (κ3) is 2.85. The molecule has 82 valence electrons. The van der Waals surface area contributed by atoms with Crippen LogP contribution in [0, 0.1) is 0 Å². The van der Waals surface area contributed by atoms with Crippen LogP contribution in [0.15, 0.2) is 18.2 Å². The molecule has 1 aromatic carbocycles. The highest BCUT2D eigenvalue weighted by molar-refractivity contribution is 5.75. The molecule has 0 saturated carbocycles. The van der Waals surface area contributed by atoms with E-state index in [0.717, 1.165) is 7.11 Å². The van der Waals surface area contributed by atoms with Gasteiger partial charge in [0.05, 0.1) is 8.48 Å². The number of nitrogens with two attached hydrogens (primary N) is 1. The molecule has 0 fully saturated rings. The number of benzene rings is 1. The number of ether oxygens (including phenoxy) is 1. The van der Waals surface area contributed by atoms with Crippen LogP contribution in [-0.2, 0) is 16.0 Å². The number of hydrogen-bond acceptors (Lipinski definition) is 5. The molecule has 0 unspecified atom stereocenters. The van der Waals surface area contributed by atoms with Gasteiger partial charge < -0.3 is 20.7 Å². The standard InChI is InChI=1S/C10H13NO4/c1-15-10(14)7(11)4-6-2-3-8(12)9(13)5-6/h2-3,5,7,12-13H,4,11H2,1H3/t7-/m0/s1/i7D. The molecule has 5 heteroatoms. The van der Waals surface area contributed by atoms with Crippen molar-refractivity contribution in [3.8, 4) is 11.5 Å². The highest BCUT2D eigenvalue weighted by atomic mass is 16.5. The molecule has 1 atom stereocenters. The molecule has 0 radical (unpaired) electrons. The first kappa shape index (κ1) is 9.79. The molecule has 0 aliphatic heterocycles. The summed E-state index contributed by atoms with van der Waals surface area (Å²) in [5.41, 5.74) is 5.90. The Morgan fingerprint density at radius 2 is 2.27 bits per heavy atom. The molecule has 0 aromatic heterocycles. The molecular weight excluding hydrogens is 198 g/mol. The summed E-state index contributed by atoms with van der Waals surface area (Å²) in [5, 5.41) is 18.3. The quantitative estimate of drug-likeness (QED) is 0.489. The lowest BCUT2D eigenvalue weighted by Crippen LogP contribution is -2.33. The Bertz CT molecular complexity index is 406. The highest BCUT2D eigenvalue weighted by Gasteiger charge is 2.14. The third-order valence-electron chi connectivity index (χ3n) is 1.88. The monoisotopic (exact) mass is 212 g/mol. The minimum atomic E-state index is -1.90. The second-order valence-corrected chi connectivity index (χ2v) is 3.02. The van der Waals surface area contributed by atoms with Crippen LogP contribution in [0.1, 0.15) is 6.93 Å². The first-order valence-electron chi connectivity index (χ1n) is 4.75. The Hall–Kier alpha value is -1.75. The van der Waals surface area contributed by atoms with E-state index < -0.39 is 12.0 Å². The fourth-order valence-electron chi connectivity index (χ4n) is 1.10. The first-order valence-corrected chi connectivity index (χ1v) is 4.25. The predicted octanol–water partition coefficient (Wildman–Crippen LogP) is 0.141. The lowest BCUT2D eigenvalue weighted by Gasteiger charge is -2.09. The summed E-state index contributed by atoms with van der Waals surface area (Å²) in [6, 6.07) is 2.07. The van der Waals surface area contributed by atoms with Gasteiger partial charge in [-0.15, -0.1) is 0 Å². The van der Waals surface area contributed by atoms with Crippen LogP contribution in [0.2, 0.25) is 0 Å². The number of esters is 1. The van der Waals surface area contributed by atoms with Crippen molar-refractivity contribution in [2.75, 3.05) is 7.11 Å². The van der Waals surface area contributed by atoms with Crippen molar-refractivity contribution < 1.29 is 21.1 Å². The van der Waals surface area contributed by atoms with Crippen molar-refractivity contribution in [3.63, 3.8) is 0 Å². The molecule has 5 nitrogen and oxygen atoms in total. The summed E-state index contributed by atoms with van der Waals surface area (Å²) in [5.74, 6) is -1.45. The summed E-state index contributed by atoms with van der Waals surface area (Å²) in [7, 11) is 1.15. The van der Waals surface area contributed by atoms with Crippen molar-refractivity contribution >= 4 is 5.97 Å². The molecule has 0 bridgehead atoms. The SMILES string of the molecule is [2H][C@](N)(Cc1ccc(O)c(O)c1)C(=O)OC. The van der Waals surface area contributed by atoms with Crippen LogP contribution in [0.3, 0.4) is 0 Å². The zero-order valence-electron chi connectivity index (χ0n) is 9.23. The van der Waals surface area contributed by atoms with Crippen molar-refractivity contribution in [3.05, 3.63) is 23.8 Å². The fraction of sp³-hybridized carbons (Fsp3) is 0.300. The topological polar surface area (TPSA) is 92.8 Å². The fourth-order valence-corrected chi connectivity index (χ4v) is 1.10. The van der Waals surface area contributed by atoms with Crippen molar-refractivity contribution in [1.29, 1.82) is 0 Å². The van der Waals surface area contributed by atoms with Gasteiger partial charge in [0.25, 0.3) is 0 Å². The van der Waals surface area contributed by atoms with Gasteiger partial charge >= 0.3 is 5.97 Å². The molecule has 1 aromatic rings. The summed E-state index contributed by atoms with van der Waals surface area (Å²) in [6.45, 7) is 0. The smallest absolute Gasteiger partial charge is 0.322 e. The van der Waals surface area contributed by atoms with Crippen LogP contribution in [0.4, 0.5) is 0 Å². The third-order valence-corrected chi connectivity index (χ3v) is 1.88. The first-order chi connectivity index (χ1) is 7.36. The summed E-state index contributed by atoms with van der Waals surface area (Å²) >= 11 is 0. The number of carbonyl (C=O) groups is 1. The molecule has 0 amide bonds. The van der Waals surface area contributed by atoms with Gasteiger partial charge in [0.2, 0.25) is 0 Å². The number of phenolic OH excluding ortho intramolecular Hbond substituents is 2. The largest absolute Gasteiger partial charge is 0.504 e. The molecule has 4 N–H and O–H groups in total. The second-order valence-electron chi connectivity index (χ2n) is 3.02. The average Bonchev–Trinajstić information content (AvgIpc) is 2.22. The van der Waals surface area contributed by atoms with E-state index in [9.17, 15) is 9.90 Å². The number of methoxy groups -OCH3 is 1. The Morgan fingerprint density at radius 1 is 1.60 bits per heavy atom. The molecule has 0 spiro atoms. The molecule has 0 saturated heterocycles. The number of phenols is 2. The van der Waals surface area contributed by atoms with Crippen LogP contribution in [0.25, 0.3) is 0 Å². The molecule has 0 aliphatic rings. The van der Waals surface area contributed by atoms with Gasteiger partial charge in [0.15, 0.2) is 11.5 Å². The maximum absolute atomic E-state index is 11.1. The van der Waals surface area contributed by atoms with Gasteiger partial charge in [-0.1, -0.05) is 6.07 Å². The lowest BCUT2D eigenvalue weighted by atomic mass is 10.1. The summed E-state index contributed by atoms with van der Waals surface area (Å²) < 4.78 is 11.9. The van der Waals surface area contributed by atoms with E-state index in [-0.39, 0.29) is 17.9 Å². The Labute approximate surface area is 88.5 Å². The molecule has 1 rings (SSSR count). The number of hydrogen-bond donors (Lipinski definition) is 3. The van der Waals surface area contributed by atoms with Crippen molar-refractivity contribution in [2.45, 2.75) is 12.4 Å². The summed E-state index contributed by atoms with van der Waals surface area (Å²) in [6.07, 6.45) is -0.118. The van der Waals surface area contributed by atoms with Gasteiger partial charge in [0, 0.05) is 0 Å². The van der Waals surface area contributed by atoms with Crippen LogP contribution in [-0.4, -0.2) is 29.3 Å². The van der Waals surface area contributed by atoms with Gasteiger partial charge in [0.1, 0.15) is 6.02 Å². The van der Waals surface area contributed by atoms with Gasteiger partial charge in [-0.25, -0.2) is 0 Å². The normalized spacial score (nSPS) is 15.2. The number of carbonyl (C=O) groups excluding carboxylic acids is 1. The van der Waals surface area contributed by atoms with Crippen molar-refractivity contribution in [1.82, 2.24) is 0 Å². The lowest BCUT2D eigenvalue weighted by molar-refractivity contribution is -0.142. The van der Waals surface area contributed by atoms with E-state index in [1.54, 1.807) is 0 Å². The molecule has 0 heterocycles. The van der Waals surface area contributed by atoms with Crippen LogP contribution < -0.4 is 5.73 Å². The number of rotatable bonds is 3. The van der Waals surface area contributed by atoms with E-state index in [2.05, 4.69) is 4.74 Å². The Balaban J connectivity index is 2.88. The van der Waals surface area contributed by atoms with E-state index in [4.69, 9.17) is 12.2 Å². The average molecular weight is 212 g/mol. The molecule has 0 aliphatic carbocycles. The Morgan fingerprint density at radius 3 is 2.80 bits per heavy atom. The second kappa shape index (κ2) is 4.65. The molecular formula is C10H13NO4. The van der Waals surface area contributed by atoms with Gasteiger partial charge in [-0.05, 0) is 24.1 Å². The van der Waals surface area contributed by atoms with E-state index in [1.807, 2.05) is 0 Å². The zero-order valence-corrected chi connectivity index (χ0v) is 8.23. The van der Waals surface area contributed by atoms with Gasteiger partial charge in [-0.3, -0.25) is 4.79 Å². The van der Waals surface area contributed by atoms with E-state index in [1.165, 1.54) is 18.2 Å². The highest BCUT2D eigenvalue weighted by Crippen LogP contribution is 2.25. The molecule has 15 heavy (non-hydrogen) atoms. The Kier molecular flexibility index (Phi) is 3.04. The van der Waals surface area contributed by atoms with Crippen molar-refractivity contribution in [2.24, 2.45) is 5.73 Å². The number of aromatic hydroxyl groups is 2. The summed E-state index contributed by atoms with van der Waals surface area (Å²) in [4.78, 5) is 11.1. The zero-order chi connectivity index (χ0) is 12.3. The predicted molar refractivity (Wildman–Crippen MR) is 53.5 cm³/mol. The van der Waals surface area contributed by atoms with E-state index >= 15 is 0 Å². The van der Waals surface area contributed by atoms with E-state index in [0.29, 0.717) is 5.56 Å². The minimum Gasteiger partial charge on any atom is -0.504 e.